The molecule has 126 valence electrons. The van der Waals surface area contributed by atoms with Crippen LogP contribution in [0.4, 0.5) is 5.69 Å². The van der Waals surface area contributed by atoms with Crippen LogP contribution in [0, 0.1) is 0 Å². The minimum Gasteiger partial charge on any atom is -0.482 e. The van der Waals surface area contributed by atoms with E-state index in [4.69, 9.17) is 21.1 Å². The molecule has 2 rings (SSSR count). The lowest BCUT2D eigenvalue weighted by molar-refractivity contribution is -0.149. The topological polar surface area (TPSA) is 64.6 Å². The molecule has 0 aliphatic carbocycles. The number of rotatable bonds is 7. The number of carbonyl (C=O) groups excluding carboxylic acids is 2. The van der Waals surface area contributed by atoms with Gasteiger partial charge in [-0.2, -0.15) is 0 Å². The van der Waals surface area contributed by atoms with Gasteiger partial charge in [0.2, 0.25) is 0 Å². The van der Waals surface area contributed by atoms with Crippen molar-refractivity contribution in [2.45, 2.75) is 13.3 Å². The van der Waals surface area contributed by atoms with E-state index in [0.29, 0.717) is 10.8 Å². The molecule has 0 radical (unpaired) electrons. The van der Waals surface area contributed by atoms with Crippen molar-refractivity contribution in [3.63, 3.8) is 0 Å². The highest BCUT2D eigenvalue weighted by Gasteiger charge is 2.10. The summed E-state index contributed by atoms with van der Waals surface area (Å²) in [7, 11) is 0. The molecule has 0 spiro atoms. The highest BCUT2D eigenvalue weighted by molar-refractivity contribution is 6.30. The van der Waals surface area contributed by atoms with Gasteiger partial charge in [-0.1, -0.05) is 36.7 Å². The van der Waals surface area contributed by atoms with Gasteiger partial charge in [0.1, 0.15) is 5.75 Å². The highest BCUT2D eigenvalue weighted by Crippen LogP contribution is 2.16. The zero-order chi connectivity index (χ0) is 17.4. The largest absolute Gasteiger partial charge is 0.482 e. The second kappa shape index (κ2) is 8.93. The molecule has 0 aliphatic heterocycles. The maximum Gasteiger partial charge on any atom is 0.344 e. The standard InChI is InChI=1S/C18H18ClNO4/c1-2-13-5-3-4-6-16(13)20-17(21)11-24-18(22)12-23-15-9-7-14(19)8-10-15/h3-10H,2,11-12H2,1H3,(H,20,21). The van der Waals surface area contributed by atoms with Crippen LogP contribution in [0.2, 0.25) is 5.02 Å². The van der Waals surface area contributed by atoms with Crippen LogP contribution < -0.4 is 10.1 Å². The Bertz CT molecular complexity index is 700. The number of anilines is 1. The molecule has 0 unspecified atom stereocenters. The Morgan fingerprint density at radius 2 is 1.75 bits per heavy atom. The van der Waals surface area contributed by atoms with Crippen LogP contribution in [-0.4, -0.2) is 25.1 Å². The van der Waals surface area contributed by atoms with E-state index in [-0.39, 0.29) is 13.2 Å². The molecule has 0 bridgehead atoms. The Labute approximate surface area is 145 Å². The number of amides is 1. The summed E-state index contributed by atoms with van der Waals surface area (Å²) in [5, 5.41) is 3.30. The molecule has 6 heteroatoms. The van der Waals surface area contributed by atoms with Crippen LogP contribution in [0.1, 0.15) is 12.5 Å². The average molecular weight is 348 g/mol. The maximum atomic E-state index is 11.9. The minimum atomic E-state index is -0.621. The van der Waals surface area contributed by atoms with Crippen LogP contribution in [0.15, 0.2) is 48.5 Å². The molecule has 0 heterocycles. The number of ether oxygens (including phenoxy) is 2. The molecular formula is C18H18ClNO4. The summed E-state index contributed by atoms with van der Waals surface area (Å²) in [6.07, 6.45) is 0.797. The van der Waals surface area contributed by atoms with Crippen molar-refractivity contribution in [1.29, 1.82) is 0 Å². The molecule has 0 saturated heterocycles. The van der Waals surface area contributed by atoms with Crippen molar-refractivity contribution in [3.8, 4) is 5.75 Å². The third kappa shape index (κ3) is 5.59. The lowest BCUT2D eigenvalue weighted by Gasteiger charge is -2.10. The first-order chi connectivity index (χ1) is 11.6. The number of halogens is 1. The molecule has 0 atom stereocenters. The fourth-order valence-corrected chi connectivity index (χ4v) is 2.12. The van der Waals surface area contributed by atoms with Gasteiger partial charge in [-0.25, -0.2) is 4.79 Å². The minimum absolute atomic E-state index is 0.277. The summed E-state index contributed by atoms with van der Waals surface area (Å²) in [5.41, 5.74) is 1.74. The summed E-state index contributed by atoms with van der Waals surface area (Å²) in [6, 6.07) is 14.1. The predicted molar refractivity (Wildman–Crippen MR) is 92.4 cm³/mol. The van der Waals surface area contributed by atoms with Gasteiger partial charge < -0.3 is 14.8 Å². The van der Waals surface area contributed by atoms with Crippen LogP contribution in [-0.2, 0) is 20.7 Å². The zero-order valence-electron chi connectivity index (χ0n) is 13.3. The summed E-state index contributed by atoms with van der Waals surface area (Å²) >= 11 is 5.76. The lowest BCUT2D eigenvalue weighted by Crippen LogP contribution is -2.24. The van der Waals surface area contributed by atoms with Gasteiger partial charge in [-0.15, -0.1) is 0 Å². The van der Waals surface area contributed by atoms with E-state index in [0.717, 1.165) is 17.7 Å². The SMILES string of the molecule is CCc1ccccc1NC(=O)COC(=O)COc1ccc(Cl)cc1. The maximum absolute atomic E-state index is 11.9. The Morgan fingerprint density at radius 1 is 1.04 bits per heavy atom. The molecule has 0 fully saturated rings. The van der Waals surface area contributed by atoms with Gasteiger partial charge in [-0.05, 0) is 42.3 Å². The van der Waals surface area contributed by atoms with E-state index in [9.17, 15) is 9.59 Å². The average Bonchev–Trinajstić information content (AvgIpc) is 2.60. The van der Waals surface area contributed by atoms with Crippen molar-refractivity contribution in [2.24, 2.45) is 0 Å². The van der Waals surface area contributed by atoms with Crippen molar-refractivity contribution in [2.75, 3.05) is 18.5 Å². The third-order valence-corrected chi connectivity index (χ3v) is 3.46. The third-order valence-electron chi connectivity index (χ3n) is 3.21. The van der Waals surface area contributed by atoms with Crippen molar-refractivity contribution in [3.05, 3.63) is 59.1 Å². The van der Waals surface area contributed by atoms with E-state index in [2.05, 4.69) is 5.32 Å². The second-order valence-electron chi connectivity index (χ2n) is 4.96. The van der Waals surface area contributed by atoms with Gasteiger partial charge in [0.15, 0.2) is 13.2 Å². The Balaban J connectivity index is 1.74. The van der Waals surface area contributed by atoms with Gasteiger partial charge >= 0.3 is 5.97 Å². The second-order valence-corrected chi connectivity index (χ2v) is 5.40. The molecule has 0 saturated carbocycles. The number of carbonyl (C=O) groups is 2. The van der Waals surface area contributed by atoms with E-state index in [1.807, 2.05) is 31.2 Å². The summed E-state index contributed by atoms with van der Waals surface area (Å²) in [5.74, 6) is -0.516. The van der Waals surface area contributed by atoms with Crippen LogP contribution in [0.25, 0.3) is 0 Å². The monoisotopic (exact) mass is 347 g/mol. The molecule has 1 amide bonds. The first-order valence-corrected chi connectivity index (χ1v) is 7.88. The fraction of sp³-hybridized carbons (Fsp3) is 0.222. The van der Waals surface area contributed by atoms with Gasteiger partial charge in [0, 0.05) is 10.7 Å². The fourth-order valence-electron chi connectivity index (χ4n) is 2.00. The molecule has 5 nitrogen and oxygen atoms in total. The number of aryl methyl sites for hydroxylation is 1. The van der Waals surface area contributed by atoms with Crippen LogP contribution in [0.3, 0.4) is 0 Å². The smallest absolute Gasteiger partial charge is 0.344 e. The van der Waals surface area contributed by atoms with E-state index in [1.54, 1.807) is 24.3 Å². The quantitative estimate of drug-likeness (QED) is 0.779. The van der Waals surface area contributed by atoms with Crippen molar-refractivity contribution >= 4 is 29.2 Å². The normalized spacial score (nSPS) is 10.1. The summed E-state index contributed by atoms with van der Waals surface area (Å²) < 4.78 is 10.1. The first-order valence-electron chi connectivity index (χ1n) is 7.50. The van der Waals surface area contributed by atoms with Crippen molar-refractivity contribution < 1.29 is 19.1 Å². The molecular weight excluding hydrogens is 330 g/mol. The molecule has 2 aromatic carbocycles. The molecule has 1 N–H and O–H groups in total. The Kier molecular flexibility index (Phi) is 6.63. The molecule has 2 aromatic rings. The number of hydrogen-bond acceptors (Lipinski definition) is 4. The van der Waals surface area contributed by atoms with Gasteiger partial charge in [0.25, 0.3) is 5.91 Å². The van der Waals surface area contributed by atoms with E-state index < -0.39 is 11.9 Å². The number of benzene rings is 2. The molecule has 0 aliphatic rings. The molecule has 0 aromatic heterocycles. The molecule has 24 heavy (non-hydrogen) atoms. The number of esters is 1. The summed E-state index contributed by atoms with van der Waals surface area (Å²) in [4.78, 5) is 23.5. The first kappa shape index (κ1) is 17.8. The summed E-state index contributed by atoms with van der Waals surface area (Å²) in [6.45, 7) is 1.36. The number of hydrogen-bond donors (Lipinski definition) is 1. The number of para-hydroxylation sites is 1. The Morgan fingerprint density at radius 3 is 2.46 bits per heavy atom. The van der Waals surface area contributed by atoms with Crippen LogP contribution >= 0.6 is 11.6 Å². The van der Waals surface area contributed by atoms with Crippen LogP contribution in [0.5, 0.6) is 5.75 Å². The van der Waals surface area contributed by atoms with E-state index >= 15 is 0 Å². The van der Waals surface area contributed by atoms with E-state index in [1.165, 1.54) is 0 Å². The lowest BCUT2D eigenvalue weighted by atomic mass is 10.1. The number of nitrogens with one attached hydrogen (secondary N) is 1. The predicted octanol–water partition coefficient (Wildman–Crippen LogP) is 3.46. The van der Waals surface area contributed by atoms with Gasteiger partial charge in [-0.3, -0.25) is 4.79 Å². The highest BCUT2D eigenvalue weighted by atomic mass is 35.5. The zero-order valence-corrected chi connectivity index (χ0v) is 14.0. The van der Waals surface area contributed by atoms with Gasteiger partial charge in [0.05, 0.1) is 0 Å². The van der Waals surface area contributed by atoms with Crippen molar-refractivity contribution in [1.82, 2.24) is 0 Å². The Hall–Kier alpha value is -2.53.